The van der Waals surface area contributed by atoms with E-state index < -0.39 is 11.5 Å². The molecule has 5 nitrogen and oxygen atoms in total. The van der Waals surface area contributed by atoms with E-state index in [1.54, 1.807) is 0 Å². The molecule has 0 amide bonds. The number of benzene rings is 1. The van der Waals surface area contributed by atoms with E-state index in [-0.39, 0.29) is 46.8 Å². The third-order valence-corrected chi connectivity index (χ3v) is 3.78. The third-order valence-electron chi connectivity index (χ3n) is 2.49. The topological polar surface area (TPSA) is 93.0 Å². The van der Waals surface area contributed by atoms with Gasteiger partial charge < -0.3 is 20.1 Å². The van der Waals surface area contributed by atoms with E-state index in [1.165, 1.54) is 36.9 Å². The van der Waals surface area contributed by atoms with E-state index in [1.807, 2.05) is 0 Å². The SMILES string of the molecule is C[C@]1(C(=O)[O-])CSC(c2cc(O)ccc2O)=N1.[Na+]. The minimum absolute atomic E-state index is 0. The average Bonchev–Trinajstić information content (AvgIpc) is 2.66. The Kier molecular flexibility index (Phi) is 4.72. The summed E-state index contributed by atoms with van der Waals surface area (Å²) in [7, 11) is 0. The molecule has 1 heterocycles. The predicted octanol–water partition coefficient (Wildman–Crippen LogP) is -2.90. The maximum atomic E-state index is 10.9. The first-order chi connectivity index (χ1) is 7.92. The van der Waals surface area contributed by atoms with Crippen LogP contribution in [0.15, 0.2) is 23.2 Å². The molecule has 0 saturated heterocycles. The summed E-state index contributed by atoms with van der Waals surface area (Å²) in [5.41, 5.74) is -0.947. The molecule has 1 atom stereocenters. The van der Waals surface area contributed by atoms with Crippen LogP contribution in [0.3, 0.4) is 0 Å². The number of nitrogens with zero attached hydrogens (tertiary/aromatic N) is 1. The number of rotatable bonds is 2. The fourth-order valence-electron chi connectivity index (χ4n) is 1.44. The van der Waals surface area contributed by atoms with E-state index in [9.17, 15) is 20.1 Å². The van der Waals surface area contributed by atoms with Crippen LogP contribution in [0.4, 0.5) is 0 Å². The summed E-state index contributed by atoms with van der Waals surface area (Å²) < 4.78 is 0. The van der Waals surface area contributed by atoms with Crippen LogP contribution < -0.4 is 34.7 Å². The second-order valence-electron chi connectivity index (χ2n) is 3.97. The zero-order chi connectivity index (χ0) is 12.6. The number of aliphatic imine (C=N–C) groups is 1. The van der Waals surface area contributed by atoms with Gasteiger partial charge in [-0.05, 0) is 25.1 Å². The fraction of sp³-hybridized carbons (Fsp3) is 0.273. The molecule has 0 unspecified atom stereocenters. The molecule has 2 N–H and O–H groups in total. The Labute approximate surface area is 130 Å². The van der Waals surface area contributed by atoms with Gasteiger partial charge in [0.25, 0.3) is 0 Å². The molecule has 2 rings (SSSR count). The van der Waals surface area contributed by atoms with Gasteiger partial charge in [0, 0.05) is 5.75 Å². The van der Waals surface area contributed by atoms with Gasteiger partial charge in [0.05, 0.1) is 11.5 Å². The van der Waals surface area contributed by atoms with Gasteiger partial charge in [-0.2, -0.15) is 0 Å². The second-order valence-corrected chi connectivity index (χ2v) is 4.93. The number of carbonyl (C=O) groups is 1. The molecule has 1 aliphatic rings. The number of carbonyl (C=O) groups excluding carboxylic acids is 1. The van der Waals surface area contributed by atoms with Crippen LogP contribution in [0.2, 0.25) is 0 Å². The third kappa shape index (κ3) is 2.83. The van der Waals surface area contributed by atoms with Crippen molar-refractivity contribution in [1.82, 2.24) is 0 Å². The van der Waals surface area contributed by atoms with Crippen molar-refractivity contribution in [1.29, 1.82) is 0 Å². The summed E-state index contributed by atoms with van der Waals surface area (Å²) in [4.78, 5) is 14.9. The molecule has 7 heteroatoms. The van der Waals surface area contributed by atoms with Crippen LogP contribution in [0.25, 0.3) is 0 Å². The zero-order valence-corrected chi connectivity index (χ0v) is 12.8. The smallest absolute Gasteiger partial charge is 0.547 e. The van der Waals surface area contributed by atoms with E-state index in [2.05, 4.69) is 4.99 Å². The number of aromatic hydroxyl groups is 2. The molecule has 1 aromatic rings. The molecule has 0 fully saturated rings. The van der Waals surface area contributed by atoms with Crippen molar-refractivity contribution in [2.75, 3.05) is 5.75 Å². The van der Waals surface area contributed by atoms with Gasteiger partial charge in [-0.3, -0.25) is 4.99 Å². The van der Waals surface area contributed by atoms with E-state index in [0.717, 1.165) is 0 Å². The van der Waals surface area contributed by atoms with E-state index >= 15 is 0 Å². The van der Waals surface area contributed by atoms with Crippen LogP contribution in [-0.2, 0) is 4.79 Å². The first kappa shape index (κ1) is 15.4. The Bertz CT molecular complexity index is 520. The van der Waals surface area contributed by atoms with E-state index in [0.29, 0.717) is 10.6 Å². The average molecular weight is 275 g/mol. The van der Waals surface area contributed by atoms with Gasteiger partial charge in [0.1, 0.15) is 22.1 Å². The molecule has 0 aliphatic carbocycles. The van der Waals surface area contributed by atoms with Crippen molar-refractivity contribution in [2.45, 2.75) is 12.5 Å². The van der Waals surface area contributed by atoms with Crippen LogP contribution in [-0.4, -0.2) is 32.5 Å². The Balaban J connectivity index is 0.00000162. The van der Waals surface area contributed by atoms with Crippen LogP contribution >= 0.6 is 11.8 Å². The number of phenolic OH excluding ortho intramolecular Hbond substituents is 2. The standard InChI is InChI=1S/C11H11NO4S.Na/c1-11(10(15)16)5-17-9(12-11)7-4-6(13)2-3-8(7)14;/h2-4,13-14H,5H2,1H3,(H,15,16);/q;+1/p-1/t11-;/m1./s1. The molecule has 0 saturated carbocycles. The molecule has 1 aromatic carbocycles. The van der Waals surface area contributed by atoms with Crippen LogP contribution in [0.1, 0.15) is 12.5 Å². The van der Waals surface area contributed by atoms with Gasteiger partial charge in [-0.25, -0.2) is 0 Å². The van der Waals surface area contributed by atoms with Gasteiger partial charge in [0.2, 0.25) is 0 Å². The quantitative estimate of drug-likeness (QED) is 0.446. The van der Waals surface area contributed by atoms with Crippen LogP contribution in [0, 0.1) is 0 Å². The van der Waals surface area contributed by atoms with Crippen LogP contribution in [0.5, 0.6) is 11.5 Å². The maximum absolute atomic E-state index is 10.9. The monoisotopic (exact) mass is 275 g/mol. The first-order valence-corrected chi connectivity index (χ1v) is 5.87. The second kappa shape index (κ2) is 5.52. The molecule has 0 radical (unpaired) electrons. The summed E-state index contributed by atoms with van der Waals surface area (Å²) in [6.45, 7) is 1.46. The Morgan fingerprint density at radius 2 is 2.17 bits per heavy atom. The molecule has 0 spiro atoms. The first-order valence-electron chi connectivity index (χ1n) is 4.89. The molecule has 0 aromatic heterocycles. The summed E-state index contributed by atoms with van der Waals surface area (Å²) in [5.74, 6) is -1.06. The van der Waals surface area contributed by atoms with Crippen molar-refractivity contribution >= 4 is 22.8 Å². The molecular weight excluding hydrogens is 265 g/mol. The number of aliphatic carboxylic acids is 1. The number of thioether (sulfide) groups is 1. The van der Waals surface area contributed by atoms with Gasteiger partial charge in [-0.1, -0.05) is 0 Å². The number of phenols is 2. The van der Waals surface area contributed by atoms with Crippen molar-refractivity contribution in [3.63, 3.8) is 0 Å². The number of carboxylic acids is 1. The number of hydrogen-bond donors (Lipinski definition) is 2. The molecular formula is C11H10NNaO4S. The molecule has 0 bridgehead atoms. The summed E-state index contributed by atoms with van der Waals surface area (Å²) >= 11 is 1.21. The summed E-state index contributed by atoms with van der Waals surface area (Å²) in [5, 5.41) is 30.3. The normalized spacial score (nSPS) is 22.2. The van der Waals surface area contributed by atoms with Gasteiger partial charge >= 0.3 is 29.6 Å². The predicted molar refractivity (Wildman–Crippen MR) is 62.2 cm³/mol. The van der Waals surface area contributed by atoms with Crippen molar-refractivity contribution in [3.05, 3.63) is 23.8 Å². The zero-order valence-electron chi connectivity index (χ0n) is 10.0. The van der Waals surface area contributed by atoms with Crippen molar-refractivity contribution in [2.24, 2.45) is 4.99 Å². The number of hydrogen-bond acceptors (Lipinski definition) is 6. The molecule has 90 valence electrons. The minimum atomic E-state index is -1.28. The van der Waals surface area contributed by atoms with Gasteiger partial charge in [0.15, 0.2) is 0 Å². The number of carboxylic acid groups (broad SMARTS) is 1. The Morgan fingerprint density at radius 3 is 2.72 bits per heavy atom. The van der Waals surface area contributed by atoms with Crippen molar-refractivity contribution in [3.8, 4) is 11.5 Å². The molecule has 1 aliphatic heterocycles. The Morgan fingerprint density at radius 1 is 1.50 bits per heavy atom. The van der Waals surface area contributed by atoms with Gasteiger partial charge in [-0.15, -0.1) is 11.8 Å². The van der Waals surface area contributed by atoms with Crippen molar-refractivity contribution < 1.29 is 49.7 Å². The fourth-order valence-corrected chi connectivity index (χ4v) is 2.62. The summed E-state index contributed by atoms with van der Waals surface area (Å²) in [6, 6.07) is 4.03. The van der Waals surface area contributed by atoms with E-state index in [4.69, 9.17) is 0 Å². The maximum Gasteiger partial charge on any atom is 1.00 e. The minimum Gasteiger partial charge on any atom is -0.547 e. The largest absolute Gasteiger partial charge is 1.00 e. The Hall–Kier alpha value is -0.690. The summed E-state index contributed by atoms with van der Waals surface area (Å²) in [6.07, 6.45) is 0. The molecule has 18 heavy (non-hydrogen) atoms.